The third kappa shape index (κ3) is 2.54. The number of esters is 1. The summed E-state index contributed by atoms with van der Waals surface area (Å²) in [6.45, 7) is 3.86. The number of hydrogen-bond acceptors (Lipinski definition) is 5. The van der Waals surface area contributed by atoms with E-state index in [1.165, 1.54) is 25.7 Å². The Kier molecular flexibility index (Phi) is 3.25. The second kappa shape index (κ2) is 5.18. The van der Waals surface area contributed by atoms with E-state index in [0.29, 0.717) is 23.2 Å². The van der Waals surface area contributed by atoms with E-state index in [2.05, 4.69) is 19.9 Å². The summed E-state index contributed by atoms with van der Waals surface area (Å²) in [4.78, 5) is 12.4. The van der Waals surface area contributed by atoms with Crippen molar-refractivity contribution in [2.45, 2.75) is 58.1 Å². The molecule has 0 amide bonds. The minimum atomic E-state index is -0.341. The fraction of sp³-hybridized carbons (Fsp3) is 0.625. The SMILES string of the molecule is Cc1nn(C)c(C)c1C(=O)OCc1nnc(C2CC2)n1C1CC1. The van der Waals surface area contributed by atoms with E-state index < -0.39 is 0 Å². The third-order valence-electron chi connectivity index (χ3n) is 4.69. The van der Waals surface area contributed by atoms with Crippen LogP contribution < -0.4 is 0 Å². The lowest BCUT2D eigenvalue weighted by Crippen LogP contribution is -2.12. The van der Waals surface area contributed by atoms with Gasteiger partial charge in [0.15, 0.2) is 12.4 Å². The molecular weight excluding hydrogens is 294 g/mol. The highest BCUT2D eigenvalue weighted by Crippen LogP contribution is 2.44. The predicted molar refractivity (Wildman–Crippen MR) is 82.1 cm³/mol. The number of rotatable bonds is 5. The molecule has 2 aromatic heterocycles. The fourth-order valence-electron chi connectivity index (χ4n) is 3.06. The highest BCUT2D eigenvalue weighted by Gasteiger charge is 2.36. The van der Waals surface area contributed by atoms with Crippen LogP contribution >= 0.6 is 0 Å². The second-order valence-corrected chi connectivity index (χ2v) is 6.60. The van der Waals surface area contributed by atoms with E-state index in [9.17, 15) is 4.79 Å². The van der Waals surface area contributed by atoms with Gasteiger partial charge in [0.05, 0.1) is 5.69 Å². The number of hydrogen-bond donors (Lipinski definition) is 0. The summed E-state index contributed by atoms with van der Waals surface area (Å²) in [7, 11) is 1.82. The van der Waals surface area contributed by atoms with E-state index in [0.717, 1.165) is 17.3 Å². The molecule has 0 radical (unpaired) electrons. The van der Waals surface area contributed by atoms with Crippen LogP contribution in [-0.2, 0) is 18.4 Å². The molecule has 0 N–H and O–H groups in total. The Bertz CT molecular complexity index is 768. The van der Waals surface area contributed by atoms with Gasteiger partial charge in [0, 0.05) is 24.7 Å². The maximum Gasteiger partial charge on any atom is 0.342 e. The summed E-state index contributed by atoms with van der Waals surface area (Å²) in [5, 5.41) is 12.9. The van der Waals surface area contributed by atoms with Gasteiger partial charge in [-0.3, -0.25) is 4.68 Å². The van der Waals surface area contributed by atoms with Gasteiger partial charge in [0.1, 0.15) is 11.4 Å². The minimum absolute atomic E-state index is 0.169. The van der Waals surface area contributed by atoms with Crippen molar-refractivity contribution < 1.29 is 9.53 Å². The zero-order valence-corrected chi connectivity index (χ0v) is 13.7. The molecule has 2 aromatic rings. The lowest BCUT2D eigenvalue weighted by Gasteiger charge is -2.09. The highest BCUT2D eigenvalue weighted by atomic mass is 16.5. The van der Waals surface area contributed by atoms with Gasteiger partial charge in [-0.1, -0.05) is 0 Å². The van der Waals surface area contributed by atoms with E-state index in [-0.39, 0.29) is 12.6 Å². The molecule has 0 aromatic carbocycles. The van der Waals surface area contributed by atoms with E-state index in [1.54, 1.807) is 4.68 Å². The Morgan fingerprint density at radius 2 is 1.96 bits per heavy atom. The molecule has 2 aliphatic rings. The van der Waals surface area contributed by atoms with Crippen molar-refractivity contribution in [3.8, 4) is 0 Å². The molecule has 2 saturated carbocycles. The van der Waals surface area contributed by atoms with Gasteiger partial charge in [-0.25, -0.2) is 4.79 Å². The molecule has 122 valence electrons. The molecule has 0 spiro atoms. The molecule has 2 heterocycles. The molecule has 2 aliphatic carbocycles. The Morgan fingerprint density at radius 3 is 2.52 bits per heavy atom. The smallest absolute Gasteiger partial charge is 0.342 e. The maximum atomic E-state index is 12.4. The Hall–Kier alpha value is -2.18. The average molecular weight is 315 g/mol. The molecule has 7 nitrogen and oxygen atoms in total. The zero-order valence-electron chi connectivity index (χ0n) is 13.7. The summed E-state index contributed by atoms with van der Waals surface area (Å²) in [5.74, 6) is 2.05. The van der Waals surface area contributed by atoms with E-state index in [4.69, 9.17) is 4.74 Å². The average Bonchev–Trinajstić information content (AvgIpc) is 3.43. The summed E-state index contributed by atoms with van der Waals surface area (Å²) in [6.07, 6.45) is 4.72. The summed E-state index contributed by atoms with van der Waals surface area (Å²) < 4.78 is 9.41. The highest BCUT2D eigenvalue weighted by molar-refractivity contribution is 5.91. The third-order valence-corrected chi connectivity index (χ3v) is 4.69. The van der Waals surface area contributed by atoms with Crippen LogP contribution in [0.15, 0.2) is 0 Å². The van der Waals surface area contributed by atoms with Crippen molar-refractivity contribution >= 4 is 5.97 Å². The molecular formula is C16H21N5O2. The first kappa shape index (κ1) is 14.4. The predicted octanol–water partition coefficient (Wildman–Crippen LogP) is 2.20. The summed E-state index contributed by atoms with van der Waals surface area (Å²) in [5.41, 5.74) is 2.06. The van der Waals surface area contributed by atoms with E-state index >= 15 is 0 Å². The molecule has 0 aliphatic heterocycles. The van der Waals surface area contributed by atoms with Crippen LogP contribution in [0, 0.1) is 13.8 Å². The number of carbonyl (C=O) groups excluding carboxylic acids is 1. The molecule has 7 heteroatoms. The molecule has 0 unspecified atom stereocenters. The van der Waals surface area contributed by atoms with Crippen LogP contribution in [0.4, 0.5) is 0 Å². The van der Waals surface area contributed by atoms with Gasteiger partial charge in [-0.05, 0) is 39.5 Å². The summed E-state index contributed by atoms with van der Waals surface area (Å²) in [6, 6.07) is 0.496. The van der Waals surface area contributed by atoms with Crippen LogP contribution in [0.5, 0.6) is 0 Å². The first-order valence-electron chi connectivity index (χ1n) is 8.17. The zero-order chi connectivity index (χ0) is 16.1. The quantitative estimate of drug-likeness (QED) is 0.791. The monoisotopic (exact) mass is 315 g/mol. The standard InChI is InChI=1S/C16H21N5O2/c1-9-14(10(2)20(3)19-9)16(22)23-8-13-17-18-15(11-4-5-11)21(13)12-6-7-12/h11-12H,4-8H2,1-3H3. The largest absolute Gasteiger partial charge is 0.454 e. The van der Waals surface area contributed by atoms with Crippen LogP contribution in [0.3, 0.4) is 0 Å². The van der Waals surface area contributed by atoms with Gasteiger partial charge in [0.2, 0.25) is 0 Å². The van der Waals surface area contributed by atoms with E-state index in [1.807, 2.05) is 20.9 Å². The maximum absolute atomic E-state index is 12.4. The topological polar surface area (TPSA) is 74.8 Å². The van der Waals surface area contributed by atoms with Crippen molar-refractivity contribution in [3.63, 3.8) is 0 Å². The van der Waals surface area contributed by atoms with Crippen molar-refractivity contribution in [2.24, 2.45) is 7.05 Å². The molecule has 0 atom stereocenters. The lowest BCUT2D eigenvalue weighted by molar-refractivity contribution is 0.0455. The lowest BCUT2D eigenvalue weighted by atomic mass is 10.2. The second-order valence-electron chi connectivity index (χ2n) is 6.60. The van der Waals surface area contributed by atoms with Crippen LogP contribution in [0.2, 0.25) is 0 Å². The molecule has 23 heavy (non-hydrogen) atoms. The molecule has 2 fully saturated rings. The fourth-order valence-corrected chi connectivity index (χ4v) is 3.06. The number of aromatic nitrogens is 5. The van der Waals surface area contributed by atoms with Crippen molar-refractivity contribution in [1.29, 1.82) is 0 Å². The number of carbonyl (C=O) groups is 1. The molecule has 4 rings (SSSR count). The Labute approximate surface area is 134 Å². The van der Waals surface area contributed by atoms with Crippen molar-refractivity contribution in [3.05, 3.63) is 28.6 Å². The van der Waals surface area contributed by atoms with Crippen LogP contribution in [-0.4, -0.2) is 30.5 Å². The number of ether oxygens (including phenoxy) is 1. The van der Waals surface area contributed by atoms with Gasteiger partial charge in [0.25, 0.3) is 0 Å². The van der Waals surface area contributed by atoms with Gasteiger partial charge < -0.3 is 9.30 Å². The van der Waals surface area contributed by atoms with Gasteiger partial charge in [-0.2, -0.15) is 5.10 Å². The number of aryl methyl sites for hydroxylation is 2. The first-order valence-corrected chi connectivity index (χ1v) is 8.17. The number of nitrogens with zero attached hydrogens (tertiary/aromatic N) is 5. The molecule has 0 saturated heterocycles. The van der Waals surface area contributed by atoms with Gasteiger partial charge >= 0.3 is 5.97 Å². The Morgan fingerprint density at radius 1 is 1.22 bits per heavy atom. The minimum Gasteiger partial charge on any atom is -0.454 e. The molecule has 0 bridgehead atoms. The van der Waals surface area contributed by atoms with Crippen LogP contribution in [0.25, 0.3) is 0 Å². The van der Waals surface area contributed by atoms with Crippen molar-refractivity contribution in [2.75, 3.05) is 0 Å². The first-order chi connectivity index (χ1) is 11.1. The van der Waals surface area contributed by atoms with Gasteiger partial charge in [-0.15, -0.1) is 10.2 Å². The van der Waals surface area contributed by atoms with Crippen LogP contribution in [0.1, 0.15) is 71.0 Å². The summed E-state index contributed by atoms with van der Waals surface area (Å²) >= 11 is 0. The normalized spacial score (nSPS) is 17.5. The Balaban J connectivity index is 1.52. The van der Waals surface area contributed by atoms with Crippen molar-refractivity contribution in [1.82, 2.24) is 24.5 Å².